The van der Waals surface area contributed by atoms with Gasteiger partial charge in [-0.15, -0.1) is 0 Å². The third-order valence-corrected chi connectivity index (χ3v) is 7.27. The first-order valence-electron chi connectivity index (χ1n) is 12.6. The summed E-state index contributed by atoms with van der Waals surface area (Å²) in [6.07, 6.45) is 6.48. The summed E-state index contributed by atoms with van der Waals surface area (Å²) in [7, 11) is 0. The lowest BCUT2D eigenvalue weighted by Crippen LogP contribution is -2.28. The number of anilines is 1. The Labute approximate surface area is 217 Å². The number of halogens is 1. The van der Waals surface area contributed by atoms with Crippen LogP contribution in [0.15, 0.2) is 79.1 Å². The average Bonchev–Trinajstić information content (AvgIpc) is 3.52. The predicted molar refractivity (Wildman–Crippen MR) is 146 cm³/mol. The van der Waals surface area contributed by atoms with Crippen molar-refractivity contribution in [1.82, 2.24) is 25.1 Å². The first-order chi connectivity index (χ1) is 18.6. The maximum Gasteiger partial charge on any atom is 0.227 e. The number of H-pyrrole nitrogens is 2. The summed E-state index contributed by atoms with van der Waals surface area (Å²) in [5, 5.41) is 11.6. The summed E-state index contributed by atoms with van der Waals surface area (Å²) in [6, 6.07) is 20.3. The Morgan fingerprint density at radius 3 is 2.58 bits per heavy atom. The molecule has 1 aliphatic carbocycles. The van der Waals surface area contributed by atoms with Gasteiger partial charge in [-0.05, 0) is 60.4 Å². The van der Waals surface area contributed by atoms with Gasteiger partial charge in [-0.1, -0.05) is 36.8 Å². The maximum atomic E-state index is 13.5. The first-order valence-corrected chi connectivity index (χ1v) is 12.6. The molecule has 0 unspecified atom stereocenters. The van der Waals surface area contributed by atoms with Crippen LogP contribution in [0.3, 0.4) is 0 Å². The standard InChI is InChI=1S/C30H23FN6O/c31-21-10-7-17(8-11-21)23-5-2-6-26-27(23)35-29(34-26)28-24-14-19(9-12-25(24)36-37-28)20-13-22(16-32-15-20)33-30(38)18-3-1-4-18/h2,5-16,18H,1,3-4H2,(H,33,38)(H,34,35)(H,36,37). The van der Waals surface area contributed by atoms with E-state index in [9.17, 15) is 9.18 Å². The van der Waals surface area contributed by atoms with Crippen molar-refractivity contribution in [3.63, 3.8) is 0 Å². The fourth-order valence-corrected chi connectivity index (χ4v) is 4.96. The van der Waals surface area contributed by atoms with Gasteiger partial charge in [-0.25, -0.2) is 9.37 Å². The van der Waals surface area contributed by atoms with Crippen molar-refractivity contribution in [2.75, 3.05) is 5.32 Å². The molecule has 0 aliphatic heterocycles. The summed E-state index contributed by atoms with van der Waals surface area (Å²) in [5.74, 6) is 0.532. The van der Waals surface area contributed by atoms with E-state index in [0.29, 0.717) is 17.2 Å². The third-order valence-electron chi connectivity index (χ3n) is 7.27. The van der Waals surface area contributed by atoms with E-state index in [0.717, 1.165) is 63.5 Å². The minimum absolute atomic E-state index is 0.0627. The number of aromatic nitrogens is 5. The van der Waals surface area contributed by atoms with Gasteiger partial charge in [0, 0.05) is 28.6 Å². The highest BCUT2D eigenvalue weighted by atomic mass is 19.1. The van der Waals surface area contributed by atoms with E-state index in [1.165, 1.54) is 12.1 Å². The molecule has 1 aliphatic rings. The van der Waals surface area contributed by atoms with Gasteiger partial charge in [-0.2, -0.15) is 5.10 Å². The summed E-state index contributed by atoms with van der Waals surface area (Å²) in [5.41, 5.74) is 7.59. The van der Waals surface area contributed by atoms with Crippen LogP contribution in [-0.4, -0.2) is 31.1 Å². The maximum absolute atomic E-state index is 13.5. The fraction of sp³-hybridized carbons (Fsp3) is 0.133. The number of para-hydroxylation sites is 1. The van der Waals surface area contributed by atoms with E-state index in [2.05, 4.69) is 31.5 Å². The van der Waals surface area contributed by atoms with Gasteiger partial charge in [0.25, 0.3) is 0 Å². The van der Waals surface area contributed by atoms with Crippen molar-refractivity contribution in [3.8, 4) is 33.8 Å². The Kier molecular flexibility index (Phi) is 5.25. The molecule has 3 N–H and O–H groups in total. The molecule has 7 rings (SSSR count). The Bertz CT molecular complexity index is 1820. The van der Waals surface area contributed by atoms with Crippen molar-refractivity contribution >= 4 is 33.5 Å². The zero-order valence-electron chi connectivity index (χ0n) is 20.3. The van der Waals surface area contributed by atoms with Crippen molar-refractivity contribution in [1.29, 1.82) is 0 Å². The van der Waals surface area contributed by atoms with Gasteiger partial charge >= 0.3 is 0 Å². The molecule has 3 heterocycles. The number of imidazole rings is 1. The van der Waals surface area contributed by atoms with E-state index in [4.69, 9.17) is 4.98 Å². The summed E-state index contributed by atoms with van der Waals surface area (Å²) < 4.78 is 13.5. The number of pyridine rings is 1. The number of amides is 1. The van der Waals surface area contributed by atoms with Crippen molar-refractivity contribution in [3.05, 3.63) is 84.9 Å². The molecule has 1 amide bonds. The zero-order valence-corrected chi connectivity index (χ0v) is 20.3. The number of hydrogen-bond acceptors (Lipinski definition) is 4. The molecule has 0 saturated heterocycles. The molecule has 0 bridgehead atoms. The van der Waals surface area contributed by atoms with Gasteiger partial charge in [-0.3, -0.25) is 14.9 Å². The molecule has 1 saturated carbocycles. The predicted octanol–water partition coefficient (Wildman–Crippen LogP) is 6.71. The van der Waals surface area contributed by atoms with E-state index >= 15 is 0 Å². The number of fused-ring (bicyclic) bond motifs is 2. The average molecular weight is 503 g/mol. The van der Waals surface area contributed by atoms with Gasteiger partial charge in [0.15, 0.2) is 5.82 Å². The number of hydrogen-bond donors (Lipinski definition) is 3. The summed E-state index contributed by atoms with van der Waals surface area (Å²) in [6.45, 7) is 0. The Hall–Kier alpha value is -4.85. The van der Waals surface area contributed by atoms with E-state index in [1.54, 1.807) is 24.5 Å². The highest BCUT2D eigenvalue weighted by Gasteiger charge is 2.25. The largest absolute Gasteiger partial charge is 0.337 e. The number of benzene rings is 3. The smallest absolute Gasteiger partial charge is 0.227 e. The highest BCUT2D eigenvalue weighted by molar-refractivity contribution is 5.99. The molecule has 0 atom stereocenters. The van der Waals surface area contributed by atoms with Gasteiger partial charge in [0.1, 0.15) is 11.5 Å². The van der Waals surface area contributed by atoms with E-state index in [1.807, 2.05) is 36.4 Å². The number of nitrogens with one attached hydrogen (secondary N) is 3. The molecular formula is C30H23FN6O. The zero-order chi connectivity index (χ0) is 25.6. The number of aromatic amines is 2. The number of nitrogens with zero attached hydrogens (tertiary/aromatic N) is 3. The van der Waals surface area contributed by atoms with Gasteiger partial charge in [0.05, 0.1) is 28.4 Å². The fourth-order valence-electron chi connectivity index (χ4n) is 4.96. The van der Waals surface area contributed by atoms with Crippen LogP contribution in [0, 0.1) is 11.7 Å². The van der Waals surface area contributed by atoms with Crippen LogP contribution in [0.25, 0.3) is 55.7 Å². The molecule has 1 fully saturated rings. The molecule has 6 aromatic rings. The Balaban J connectivity index is 1.26. The summed E-state index contributed by atoms with van der Waals surface area (Å²) >= 11 is 0. The minimum Gasteiger partial charge on any atom is -0.337 e. The first kappa shape index (κ1) is 22.4. The van der Waals surface area contributed by atoms with Crippen LogP contribution in [0.4, 0.5) is 10.1 Å². The van der Waals surface area contributed by atoms with Gasteiger partial charge in [0.2, 0.25) is 5.91 Å². The van der Waals surface area contributed by atoms with E-state index < -0.39 is 0 Å². The van der Waals surface area contributed by atoms with Crippen molar-refractivity contribution < 1.29 is 9.18 Å². The molecule has 7 nitrogen and oxygen atoms in total. The van der Waals surface area contributed by atoms with Crippen molar-refractivity contribution in [2.24, 2.45) is 5.92 Å². The van der Waals surface area contributed by atoms with Crippen LogP contribution < -0.4 is 5.32 Å². The van der Waals surface area contributed by atoms with Crippen LogP contribution in [0.1, 0.15) is 19.3 Å². The van der Waals surface area contributed by atoms with E-state index in [-0.39, 0.29) is 17.6 Å². The number of rotatable bonds is 5. The quantitative estimate of drug-likeness (QED) is 0.244. The summed E-state index contributed by atoms with van der Waals surface area (Å²) in [4.78, 5) is 25.1. The van der Waals surface area contributed by atoms with Gasteiger partial charge < -0.3 is 10.3 Å². The SMILES string of the molecule is O=C(Nc1cncc(-c2ccc3[nH]nc(-c4nc5c(-c6ccc(F)cc6)cccc5[nH]4)c3c2)c1)C1CCC1. The molecule has 0 spiro atoms. The topological polar surface area (TPSA) is 99.3 Å². The number of carbonyl (C=O) groups excluding carboxylic acids is 1. The van der Waals surface area contributed by atoms with Crippen LogP contribution in [0.2, 0.25) is 0 Å². The van der Waals surface area contributed by atoms with Crippen molar-refractivity contribution in [2.45, 2.75) is 19.3 Å². The second-order valence-corrected chi connectivity index (χ2v) is 9.71. The second-order valence-electron chi connectivity index (χ2n) is 9.71. The highest BCUT2D eigenvalue weighted by Crippen LogP contribution is 2.34. The Morgan fingerprint density at radius 2 is 1.76 bits per heavy atom. The molecule has 3 aromatic heterocycles. The molecule has 0 radical (unpaired) electrons. The second kappa shape index (κ2) is 8.92. The molecule has 8 heteroatoms. The van der Waals surface area contributed by atoms with Crippen LogP contribution >= 0.6 is 0 Å². The Morgan fingerprint density at radius 1 is 0.921 bits per heavy atom. The molecule has 186 valence electrons. The minimum atomic E-state index is -0.274. The molecule has 38 heavy (non-hydrogen) atoms. The third kappa shape index (κ3) is 3.91. The lowest BCUT2D eigenvalue weighted by atomic mass is 9.85. The molecule has 3 aromatic carbocycles. The lowest BCUT2D eigenvalue weighted by molar-refractivity contribution is -0.122. The van der Waals surface area contributed by atoms with Crippen LogP contribution in [0.5, 0.6) is 0 Å². The molecular weight excluding hydrogens is 479 g/mol. The number of carbonyl (C=O) groups is 1. The van der Waals surface area contributed by atoms with Crippen LogP contribution in [-0.2, 0) is 4.79 Å². The normalized spacial score (nSPS) is 13.6. The lowest BCUT2D eigenvalue weighted by Gasteiger charge is -2.24. The monoisotopic (exact) mass is 502 g/mol.